The van der Waals surface area contributed by atoms with Crippen LogP contribution in [0.5, 0.6) is 5.75 Å². The number of benzene rings is 1. The standard InChI is InChI=1S/C15H20N2O3/c1-10(18)13-9-12(16)5-6-14(13)20-11(2)15(19)17-7-3-4-8-17/h5-6,9,11H,3-4,7-8,16H2,1-2H3. The molecule has 20 heavy (non-hydrogen) atoms. The Morgan fingerprint density at radius 1 is 1.30 bits per heavy atom. The van der Waals surface area contributed by atoms with Gasteiger partial charge in [-0.15, -0.1) is 0 Å². The van der Waals surface area contributed by atoms with E-state index in [9.17, 15) is 9.59 Å². The van der Waals surface area contributed by atoms with Crippen molar-refractivity contribution in [3.8, 4) is 5.75 Å². The van der Waals surface area contributed by atoms with Crippen molar-refractivity contribution in [3.05, 3.63) is 23.8 Å². The number of nitrogens with two attached hydrogens (primary N) is 1. The second kappa shape index (κ2) is 5.94. The number of anilines is 1. The van der Waals surface area contributed by atoms with Crippen LogP contribution in [0, 0.1) is 0 Å². The van der Waals surface area contributed by atoms with Gasteiger partial charge in [-0.05, 0) is 44.9 Å². The maximum absolute atomic E-state index is 12.2. The molecule has 0 saturated carbocycles. The van der Waals surface area contributed by atoms with Gasteiger partial charge in [0.1, 0.15) is 5.75 Å². The summed E-state index contributed by atoms with van der Waals surface area (Å²) in [5, 5.41) is 0. The van der Waals surface area contributed by atoms with Crippen LogP contribution in [0.25, 0.3) is 0 Å². The number of nitrogens with zero attached hydrogens (tertiary/aromatic N) is 1. The van der Waals surface area contributed by atoms with Crippen LogP contribution in [-0.4, -0.2) is 35.8 Å². The number of nitrogen functional groups attached to an aromatic ring is 1. The van der Waals surface area contributed by atoms with Gasteiger partial charge < -0.3 is 15.4 Å². The van der Waals surface area contributed by atoms with E-state index in [-0.39, 0.29) is 11.7 Å². The summed E-state index contributed by atoms with van der Waals surface area (Å²) in [6.07, 6.45) is 1.48. The number of Topliss-reactive ketones (excluding diaryl/α,β-unsaturated/α-hetero) is 1. The topological polar surface area (TPSA) is 72.6 Å². The lowest BCUT2D eigenvalue weighted by molar-refractivity contribution is -0.136. The fraction of sp³-hybridized carbons (Fsp3) is 0.467. The molecular weight excluding hydrogens is 256 g/mol. The molecule has 1 aromatic rings. The summed E-state index contributed by atoms with van der Waals surface area (Å²) in [5.41, 5.74) is 6.58. The third-order valence-corrected chi connectivity index (χ3v) is 3.45. The molecule has 1 heterocycles. The van der Waals surface area contributed by atoms with E-state index in [1.807, 2.05) is 0 Å². The fourth-order valence-electron chi connectivity index (χ4n) is 2.36. The molecule has 1 saturated heterocycles. The molecule has 108 valence electrons. The molecule has 0 bridgehead atoms. The lowest BCUT2D eigenvalue weighted by Crippen LogP contribution is -2.38. The molecule has 2 rings (SSSR count). The smallest absolute Gasteiger partial charge is 0.263 e. The summed E-state index contributed by atoms with van der Waals surface area (Å²) < 4.78 is 5.67. The van der Waals surface area contributed by atoms with Gasteiger partial charge in [0.25, 0.3) is 5.91 Å². The minimum atomic E-state index is -0.602. The van der Waals surface area contributed by atoms with Crippen molar-refractivity contribution >= 4 is 17.4 Å². The van der Waals surface area contributed by atoms with E-state index in [1.54, 1.807) is 30.0 Å². The summed E-state index contributed by atoms with van der Waals surface area (Å²) in [7, 11) is 0. The van der Waals surface area contributed by atoms with Gasteiger partial charge in [0, 0.05) is 18.8 Å². The fourth-order valence-corrected chi connectivity index (χ4v) is 2.36. The molecule has 0 aliphatic carbocycles. The van der Waals surface area contributed by atoms with Crippen molar-refractivity contribution < 1.29 is 14.3 Å². The molecule has 1 fully saturated rings. The highest BCUT2D eigenvalue weighted by atomic mass is 16.5. The first kappa shape index (κ1) is 14.4. The third-order valence-electron chi connectivity index (χ3n) is 3.45. The third kappa shape index (κ3) is 3.10. The van der Waals surface area contributed by atoms with E-state index in [4.69, 9.17) is 10.5 Å². The number of rotatable bonds is 4. The molecule has 1 unspecified atom stereocenters. The zero-order valence-corrected chi connectivity index (χ0v) is 11.9. The second-order valence-electron chi connectivity index (χ2n) is 5.10. The maximum Gasteiger partial charge on any atom is 0.263 e. The molecule has 0 spiro atoms. The van der Waals surface area contributed by atoms with E-state index >= 15 is 0 Å². The molecule has 2 N–H and O–H groups in total. The Morgan fingerprint density at radius 2 is 1.95 bits per heavy atom. The number of likely N-dealkylation sites (tertiary alicyclic amines) is 1. The Balaban J connectivity index is 2.12. The molecule has 1 aliphatic rings. The molecule has 1 aliphatic heterocycles. The first-order valence-corrected chi connectivity index (χ1v) is 6.85. The predicted octanol–water partition coefficient (Wildman–Crippen LogP) is 1.86. The van der Waals surface area contributed by atoms with Gasteiger partial charge >= 0.3 is 0 Å². The Hall–Kier alpha value is -2.04. The van der Waals surface area contributed by atoms with Gasteiger partial charge in [-0.1, -0.05) is 0 Å². The Bertz CT molecular complexity index is 522. The number of carbonyl (C=O) groups is 2. The quantitative estimate of drug-likeness (QED) is 0.673. The van der Waals surface area contributed by atoms with Crippen LogP contribution < -0.4 is 10.5 Å². The van der Waals surface area contributed by atoms with Crippen LogP contribution in [0.3, 0.4) is 0 Å². The normalized spacial score (nSPS) is 16.0. The van der Waals surface area contributed by atoms with Gasteiger partial charge in [-0.2, -0.15) is 0 Å². The number of ether oxygens (including phenoxy) is 1. The van der Waals surface area contributed by atoms with Crippen LogP contribution in [0.15, 0.2) is 18.2 Å². The summed E-state index contributed by atoms with van der Waals surface area (Å²) in [6, 6.07) is 4.87. The lowest BCUT2D eigenvalue weighted by atomic mass is 10.1. The minimum absolute atomic E-state index is 0.0335. The average Bonchev–Trinajstić information content (AvgIpc) is 2.93. The van der Waals surface area contributed by atoms with Gasteiger partial charge in [0.15, 0.2) is 11.9 Å². The zero-order chi connectivity index (χ0) is 14.7. The molecular formula is C15H20N2O3. The van der Waals surface area contributed by atoms with Crippen molar-refractivity contribution in [2.45, 2.75) is 32.8 Å². The number of hydrogen-bond acceptors (Lipinski definition) is 4. The van der Waals surface area contributed by atoms with Crippen molar-refractivity contribution in [1.29, 1.82) is 0 Å². The van der Waals surface area contributed by atoms with Crippen LogP contribution in [-0.2, 0) is 4.79 Å². The van der Waals surface area contributed by atoms with Gasteiger partial charge in [-0.25, -0.2) is 0 Å². The van der Waals surface area contributed by atoms with Crippen LogP contribution in [0.4, 0.5) is 5.69 Å². The van der Waals surface area contributed by atoms with E-state index in [2.05, 4.69) is 0 Å². The van der Waals surface area contributed by atoms with Gasteiger partial charge in [-0.3, -0.25) is 9.59 Å². The number of amides is 1. The van der Waals surface area contributed by atoms with Crippen LogP contribution in [0.1, 0.15) is 37.0 Å². The summed E-state index contributed by atoms with van der Waals surface area (Å²) in [5.74, 6) is 0.244. The summed E-state index contributed by atoms with van der Waals surface area (Å²) >= 11 is 0. The highest BCUT2D eigenvalue weighted by Crippen LogP contribution is 2.24. The molecule has 1 aromatic carbocycles. The van der Waals surface area contributed by atoms with Crippen molar-refractivity contribution in [3.63, 3.8) is 0 Å². The van der Waals surface area contributed by atoms with E-state index in [0.29, 0.717) is 17.0 Å². The summed E-state index contributed by atoms with van der Waals surface area (Å²) in [6.45, 7) is 4.73. The minimum Gasteiger partial charge on any atom is -0.480 e. The molecule has 0 aromatic heterocycles. The molecule has 1 amide bonds. The highest BCUT2D eigenvalue weighted by Gasteiger charge is 2.25. The van der Waals surface area contributed by atoms with Gasteiger partial charge in [0.05, 0.1) is 5.56 Å². The number of hydrogen-bond donors (Lipinski definition) is 1. The van der Waals surface area contributed by atoms with Crippen LogP contribution >= 0.6 is 0 Å². The Kier molecular flexibility index (Phi) is 4.27. The average molecular weight is 276 g/mol. The molecule has 5 nitrogen and oxygen atoms in total. The largest absolute Gasteiger partial charge is 0.480 e. The first-order chi connectivity index (χ1) is 9.49. The monoisotopic (exact) mass is 276 g/mol. The van der Waals surface area contributed by atoms with E-state index in [1.165, 1.54) is 6.92 Å². The molecule has 5 heteroatoms. The zero-order valence-electron chi connectivity index (χ0n) is 11.9. The van der Waals surface area contributed by atoms with Crippen molar-refractivity contribution in [2.75, 3.05) is 18.8 Å². The van der Waals surface area contributed by atoms with Crippen LogP contribution in [0.2, 0.25) is 0 Å². The SMILES string of the molecule is CC(=O)c1cc(N)ccc1OC(C)C(=O)N1CCCC1. The maximum atomic E-state index is 12.2. The molecule has 0 radical (unpaired) electrons. The number of ketones is 1. The predicted molar refractivity (Wildman–Crippen MR) is 76.8 cm³/mol. The van der Waals surface area contributed by atoms with E-state index < -0.39 is 6.10 Å². The molecule has 1 atom stereocenters. The number of carbonyl (C=O) groups excluding carboxylic acids is 2. The second-order valence-corrected chi connectivity index (χ2v) is 5.10. The highest BCUT2D eigenvalue weighted by molar-refractivity contribution is 5.97. The lowest BCUT2D eigenvalue weighted by Gasteiger charge is -2.22. The first-order valence-electron chi connectivity index (χ1n) is 6.85. The Labute approximate surface area is 118 Å². The summed E-state index contributed by atoms with van der Waals surface area (Å²) in [4.78, 5) is 25.6. The van der Waals surface area contributed by atoms with Gasteiger partial charge in [0.2, 0.25) is 0 Å². The van der Waals surface area contributed by atoms with Crippen molar-refractivity contribution in [1.82, 2.24) is 4.90 Å². The van der Waals surface area contributed by atoms with E-state index in [0.717, 1.165) is 25.9 Å². The Morgan fingerprint density at radius 3 is 2.55 bits per heavy atom. The van der Waals surface area contributed by atoms with Crippen molar-refractivity contribution in [2.24, 2.45) is 0 Å².